The maximum absolute atomic E-state index is 5.71. The smallest absolute Gasteiger partial charge is 0.184 e. The van der Waals surface area contributed by atoms with Crippen LogP contribution in [-0.4, -0.2) is 18.3 Å². The van der Waals surface area contributed by atoms with E-state index in [4.69, 9.17) is 4.99 Å². The molecule has 6 unspecified atom stereocenters. The van der Waals surface area contributed by atoms with Crippen molar-refractivity contribution in [2.24, 2.45) is 10.9 Å². The van der Waals surface area contributed by atoms with Crippen molar-refractivity contribution in [3.8, 4) is 11.1 Å². The van der Waals surface area contributed by atoms with Gasteiger partial charge in [0.1, 0.15) is 17.9 Å². The number of allylic oxidation sites excluding steroid dienone is 6. The van der Waals surface area contributed by atoms with Gasteiger partial charge in [-0.1, -0.05) is 158 Å². The molecule has 0 N–H and O–H groups in total. The highest BCUT2D eigenvalue weighted by molar-refractivity contribution is 7.20. The summed E-state index contributed by atoms with van der Waals surface area (Å²) in [6, 6.07) is 53.7. The summed E-state index contributed by atoms with van der Waals surface area (Å²) in [4.78, 5) is 7.26. The second-order valence-electron chi connectivity index (χ2n) is 18.2. The summed E-state index contributed by atoms with van der Waals surface area (Å²) >= 11 is 2.03. The van der Waals surface area contributed by atoms with Gasteiger partial charge in [-0.25, -0.2) is 4.48 Å². The van der Waals surface area contributed by atoms with Gasteiger partial charge in [0.15, 0.2) is 6.04 Å². The van der Waals surface area contributed by atoms with E-state index in [0.717, 1.165) is 29.6 Å². The predicted octanol–water partition coefficient (Wildman–Crippen LogP) is 14.9. The Bertz CT molecular complexity index is 3390. The first-order valence-corrected chi connectivity index (χ1v) is 23.0. The molecule has 0 spiro atoms. The molecule has 290 valence electrons. The monoisotopic (exact) mass is 799 g/mol. The van der Waals surface area contributed by atoms with Crippen LogP contribution in [0.15, 0.2) is 187 Å². The third-order valence-electron chi connectivity index (χ3n) is 15.0. The van der Waals surface area contributed by atoms with Gasteiger partial charge in [-0.05, 0) is 86.3 Å². The summed E-state index contributed by atoms with van der Waals surface area (Å²) in [7, 11) is 0. The molecule has 0 bridgehead atoms. The van der Waals surface area contributed by atoms with E-state index < -0.39 is 0 Å². The highest BCUT2D eigenvalue weighted by atomic mass is 32.1. The molecule has 3 aliphatic carbocycles. The summed E-state index contributed by atoms with van der Waals surface area (Å²) in [6.07, 6.45) is 16.2. The summed E-state index contributed by atoms with van der Waals surface area (Å²) in [5, 5.41) is 6.64. The second kappa shape index (κ2) is 12.6. The first kappa shape index (κ1) is 34.3. The summed E-state index contributed by atoms with van der Waals surface area (Å²) in [6.45, 7) is 3.49. The van der Waals surface area contributed by atoms with E-state index >= 15 is 0 Å². The normalized spacial score (nSPS) is 25.0. The van der Waals surface area contributed by atoms with Crippen molar-refractivity contribution < 1.29 is 0 Å². The van der Waals surface area contributed by atoms with Gasteiger partial charge in [-0.3, -0.25) is 4.99 Å². The molecule has 0 radical (unpaired) electrons. The first-order valence-electron chi connectivity index (χ1n) is 22.2. The van der Waals surface area contributed by atoms with E-state index in [1.54, 1.807) is 10.5 Å². The average molecular weight is 800 g/mol. The number of hydrogen-bond acceptors (Lipinski definition) is 2. The summed E-state index contributed by atoms with van der Waals surface area (Å²) in [5.41, 5.74) is 18.2. The number of benzene rings is 7. The van der Waals surface area contributed by atoms with Crippen molar-refractivity contribution in [1.82, 2.24) is 4.48 Å². The van der Waals surface area contributed by atoms with Gasteiger partial charge in [-0.2, -0.15) is 0 Å². The average Bonchev–Trinajstić information content (AvgIpc) is 3.93. The molecule has 6 aliphatic rings. The zero-order valence-electron chi connectivity index (χ0n) is 34.1. The molecule has 7 aromatic carbocycles. The van der Waals surface area contributed by atoms with Crippen LogP contribution in [0.2, 0.25) is 0 Å². The van der Waals surface area contributed by atoms with Gasteiger partial charge >= 0.3 is 0 Å². The second-order valence-corrected chi connectivity index (χ2v) is 19.3. The molecular weight excluding hydrogens is 757 g/mol. The predicted molar refractivity (Wildman–Crippen MR) is 257 cm³/mol. The molecule has 3 aliphatic heterocycles. The quantitative estimate of drug-likeness (QED) is 0.0959. The van der Waals surface area contributed by atoms with Crippen molar-refractivity contribution in [2.75, 3.05) is 6.54 Å². The van der Waals surface area contributed by atoms with Crippen LogP contribution < -0.4 is 4.48 Å². The summed E-state index contributed by atoms with van der Waals surface area (Å²) < 4.78 is 2.24. The Hall–Kier alpha value is -6.39. The van der Waals surface area contributed by atoms with Crippen LogP contribution in [0.5, 0.6) is 0 Å². The fraction of sp³-hybridized carbons (Fsp3) is 0.155. The van der Waals surface area contributed by atoms with Gasteiger partial charge in [0.2, 0.25) is 0 Å². The SMILES string of the molecule is CC1CC=CC2=C(C1)C(c1ccccc1)c1c2ccc2c1-c1c(sc3ccccc13)C1C[N+]21c1cccc(C2=NC3C=CC=CC3c3c2c2ccccc2c2ccccc32)c1. The minimum Gasteiger partial charge on any atom is -0.276 e. The van der Waals surface area contributed by atoms with Crippen molar-refractivity contribution in [1.29, 1.82) is 0 Å². The molecule has 8 aromatic rings. The van der Waals surface area contributed by atoms with Crippen molar-refractivity contribution >= 4 is 65.6 Å². The van der Waals surface area contributed by atoms with Gasteiger partial charge in [-0.15, -0.1) is 11.3 Å². The van der Waals surface area contributed by atoms with Crippen LogP contribution in [-0.2, 0) is 0 Å². The first-order chi connectivity index (χ1) is 30.2. The molecule has 1 saturated heterocycles. The molecule has 1 fully saturated rings. The van der Waals surface area contributed by atoms with Crippen LogP contribution in [0.3, 0.4) is 0 Å². The van der Waals surface area contributed by atoms with Crippen LogP contribution in [0.4, 0.5) is 11.4 Å². The standard InChI is InChI=1S/C58H43N2S/c1-34-15-13-26-40-43-29-30-48-56(53(43)51(46(40)31-34)35-16-3-2-4-17-35)55-45-25-10-12-28-50(45)61-58(55)49-33-60(48,49)37-19-14-18-36(32-37)57-54-42-23-8-6-21-39(42)38-20-5-7-22-41(38)52(54)44-24-9-11-27-47(44)59-57/h2-14,16-30,32,34,44,47,49,51H,15,31,33H2,1H3/q+1. The molecule has 3 heteroatoms. The lowest BCUT2D eigenvalue weighted by molar-refractivity contribution is 0.577. The Balaban J connectivity index is 1.02. The zero-order chi connectivity index (χ0) is 40.0. The third kappa shape index (κ3) is 4.63. The van der Waals surface area contributed by atoms with Crippen LogP contribution in [0.1, 0.15) is 75.9 Å². The van der Waals surface area contributed by atoms with E-state index in [1.165, 1.54) is 93.1 Å². The minimum atomic E-state index is 0.0515. The number of aliphatic imine (C=N–C) groups is 1. The fourth-order valence-corrected chi connectivity index (χ4v) is 13.8. The van der Waals surface area contributed by atoms with E-state index in [0.29, 0.717) is 12.0 Å². The molecule has 2 nitrogen and oxygen atoms in total. The Labute approximate surface area is 360 Å². The lowest BCUT2D eigenvalue weighted by Crippen LogP contribution is -2.27. The largest absolute Gasteiger partial charge is 0.276 e. The fourth-order valence-electron chi connectivity index (χ4n) is 12.4. The van der Waals surface area contributed by atoms with Crippen molar-refractivity contribution in [2.45, 2.75) is 43.7 Å². The molecule has 0 saturated carbocycles. The molecule has 6 atom stereocenters. The lowest BCUT2D eigenvalue weighted by Gasteiger charge is -2.33. The molecule has 61 heavy (non-hydrogen) atoms. The molecule has 0 amide bonds. The number of fused-ring (bicyclic) bond motifs is 19. The lowest BCUT2D eigenvalue weighted by atomic mass is 9.76. The minimum absolute atomic E-state index is 0.0515. The van der Waals surface area contributed by atoms with E-state index in [1.807, 2.05) is 11.3 Å². The molecule has 1 aromatic heterocycles. The summed E-state index contributed by atoms with van der Waals surface area (Å²) in [5.74, 6) is 1.03. The van der Waals surface area contributed by atoms with E-state index in [9.17, 15) is 0 Å². The number of rotatable bonds is 3. The van der Waals surface area contributed by atoms with Crippen LogP contribution in [0.25, 0.3) is 48.3 Å². The maximum Gasteiger partial charge on any atom is 0.184 e. The Morgan fingerprint density at radius 3 is 2.28 bits per heavy atom. The van der Waals surface area contributed by atoms with Gasteiger partial charge < -0.3 is 0 Å². The number of nitrogens with zero attached hydrogens (tertiary/aromatic N) is 2. The topological polar surface area (TPSA) is 12.4 Å². The Morgan fingerprint density at radius 2 is 1.41 bits per heavy atom. The third-order valence-corrected chi connectivity index (χ3v) is 16.3. The number of hydrogen-bond donors (Lipinski definition) is 0. The molecule has 14 rings (SSSR count). The Kier molecular flexibility index (Phi) is 7.08. The number of thiophene rings is 1. The van der Waals surface area contributed by atoms with Gasteiger partial charge in [0.25, 0.3) is 0 Å². The maximum atomic E-state index is 5.71. The van der Waals surface area contributed by atoms with Gasteiger partial charge in [0.05, 0.1) is 16.6 Å². The molecular formula is C58H43N2S+. The zero-order valence-corrected chi connectivity index (χ0v) is 34.9. The van der Waals surface area contributed by atoms with Crippen LogP contribution in [0, 0.1) is 5.92 Å². The van der Waals surface area contributed by atoms with E-state index in [-0.39, 0.29) is 17.9 Å². The van der Waals surface area contributed by atoms with Crippen LogP contribution >= 0.6 is 11.3 Å². The van der Waals surface area contributed by atoms with E-state index in [2.05, 4.69) is 183 Å². The Morgan fingerprint density at radius 1 is 0.656 bits per heavy atom. The molecule has 4 heterocycles. The van der Waals surface area contributed by atoms with Crippen molar-refractivity contribution in [3.63, 3.8) is 0 Å². The van der Waals surface area contributed by atoms with Crippen molar-refractivity contribution in [3.05, 3.63) is 220 Å². The highest BCUT2D eigenvalue weighted by Gasteiger charge is 2.65. The van der Waals surface area contributed by atoms with Gasteiger partial charge in [0, 0.05) is 56.3 Å². The number of quaternary nitrogens is 1. The highest BCUT2D eigenvalue weighted by Crippen LogP contribution is 2.69.